The summed E-state index contributed by atoms with van der Waals surface area (Å²) in [5.41, 5.74) is 0. The van der Waals surface area contributed by atoms with Crippen molar-refractivity contribution in [2.75, 3.05) is 0 Å². The standard InChI is InChI=1S/C13H10ClN3O3S2/c14-9-3-1-4-10(7-9)22(18,19)15-8-12-16-17-13(20-12)11-5-2-6-21-11/h1-7,15H,8H2. The molecule has 0 fully saturated rings. The van der Waals surface area contributed by atoms with Gasteiger partial charge in [0.2, 0.25) is 15.9 Å². The molecule has 1 N–H and O–H groups in total. The third-order valence-electron chi connectivity index (χ3n) is 2.72. The van der Waals surface area contributed by atoms with Gasteiger partial charge in [-0.25, -0.2) is 13.1 Å². The van der Waals surface area contributed by atoms with Gasteiger partial charge < -0.3 is 4.42 Å². The average Bonchev–Trinajstić information content (AvgIpc) is 3.16. The average molecular weight is 356 g/mol. The van der Waals surface area contributed by atoms with Gasteiger partial charge in [-0.1, -0.05) is 23.7 Å². The maximum atomic E-state index is 12.1. The van der Waals surface area contributed by atoms with E-state index < -0.39 is 10.0 Å². The van der Waals surface area contributed by atoms with Crippen LogP contribution in [0.15, 0.2) is 51.1 Å². The van der Waals surface area contributed by atoms with Crippen LogP contribution in [0.3, 0.4) is 0 Å². The van der Waals surface area contributed by atoms with Gasteiger partial charge in [0.15, 0.2) is 0 Å². The highest BCUT2D eigenvalue weighted by Gasteiger charge is 2.16. The third-order valence-corrected chi connectivity index (χ3v) is 5.21. The molecule has 1 aromatic carbocycles. The fourth-order valence-electron chi connectivity index (χ4n) is 1.70. The largest absolute Gasteiger partial charge is 0.418 e. The van der Waals surface area contributed by atoms with E-state index >= 15 is 0 Å². The first-order valence-electron chi connectivity index (χ1n) is 6.16. The number of nitrogens with one attached hydrogen (secondary N) is 1. The Morgan fingerprint density at radius 2 is 2.09 bits per heavy atom. The number of halogens is 1. The molecular formula is C13H10ClN3O3S2. The van der Waals surface area contributed by atoms with E-state index in [0.717, 1.165) is 4.88 Å². The lowest BCUT2D eigenvalue weighted by Crippen LogP contribution is -2.23. The van der Waals surface area contributed by atoms with Crippen molar-refractivity contribution < 1.29 is 12.8 Å². The lowest BCUT2D eigenvalue weighted by Gasteiger charge is -2.04. The van der Waals surface area contributed by atoms with E-state index in [1.165, 1.54) is 23.5 Å². The summed E-state index contributed by atoms with van der Waals surface area (Å²) in [4.78, 5) is 0.912. The maximum absolute atomic E-state index is 12.1. The van der Waals surface area contributed by atoms with Crippen LogP contribution in [0, 0.1) is 0 Å². The first-order valence-corrected chi connectivity index (χ1v) is 8.90. The number of aromatic nitrogens is 2. The van der Waals surface area contributed by atoms with Gasteiger partial charge in [0.25, 0.3) is 5.89 Å². The molecule has 114 valence electrons. The Bertz CT molecular complexity index is 876. The Labute approximate surface area is 135 Å². The summed E-state index contributed by atoms with van der Waals surface area (Å²) in [5, 5.41) is 9.95. The molecule has 0 unspecified atom stereocenters. The molecule has 2 aromatic heterocycles. The fourth-order valence-corrected chi connectivity index (χ4v) is 3.62. The summed E-state index contributed by atoms with van der Waals surface area (Å²) in [6.45, 7) is -0.0901. The van der Waals surface area contributed by atoms with E-state index in [2.05, 4.69) is 14.9 Å². The SMILES string of the molecule is O=S(=O)(NCc1nnc(-c2cccs2)o1)c1cccc(Cl)c1. The molecule has 22 heavy (non-hydrogen) atoms. The van der Waals surface area contributed by atoms with E-state index in [1.54, 1.807) is 12.1 Å². The van der Waals surface area contributed by atoms with Crippen molar-refractivity contribution in [3.63, 3.8) is 0 Å². The van der Waals surface area contributed by atoms with Crippen molar-refractivity contribution in [1.82, 2.24) is 14.9 Å². The van der Waals surface area contributed by atoms with E-state index in [4.69, 9.17) is 16.0 Å². The highest BCUT2D eigenvalue weighted by Crippen LogP contribution is 2.23. The van der Waals surface area contributed by atoms with Crippen LogP contribution in [0.2, 0.25) is 5.02 Å². The van der Waals surface area contributed by atoms with Gasteiger partial charge in [-0.05, 0) is 29.6 Å². The molecular weight excluding hydrogens is 346 g/mol. The third kappa shape index (κ3) is 3.36. The smallest absolute Gasteiger partial charge is 0.257 e. The predicted molar refractivity (Wildman–Crippen MR) is 83.1 cm³/mol. The molecule has 0 aliphatic carbocycles. The number of benzene rings is 1. The zero-order valence-corrected chi connectivity index (χ0v) is 13.5. The Balaban J connectivity index is 1.72. The molecule has 0 aliphatic heterocycles. The molecule has 0 saturated carbocycles. The van der Waals surface area contributed by atoms with E-state index in [0.29, 0.717) is 10.9 Å². The molecule has 0 spiro atoms. The van der Waals surface area contributed by atoms with Gasteiger partial charge in [-0.15, -0.1) is 21.5 Å². The first kappa shape index (κ1) is 15.2. The summed E-state index contributed by atoms with van der Waals surface area (Å²) in [6.07, 6.45) is 0. The van der Waals surface area contributed by atoms with Gasteiger partial charge in [-0.3, -0.25) is 0 Å². The molecule has 0 atom stereocenters. The van der Waals surface area contributed by atoms with Gasteiger partial charge in [0.05, 0.1) is 16.3 Å². The molecule has 3 rings (SSSR count). The maximum Gasteiger partial charge on any atom is 0.257 e. The van der Waals surface area contributed by atoms with Crippen LogP contribution in [0.25, 0.3) is 10.8 Å². The highest BCUT2D eigenvalue weighted by molar-refractivity contribution is 7.89. The molecule has 9 heteroatoms. The molecule has 0 bridgehead atoms. The zero-order valence-electron chi connectivity index (χ0n) is 11.1. The molecule has 0 aliphatic rings. The van der Waals surface area contributed by atoms with Crippen LogP contribution in [-0.4, -0.2) is 18.6 Å². The van der Waals surface area contributed by atoms with Gasteiger partial charge in [0, 0.05) is 5.02 Å². The van der Waals surface area contributed by atoms with Gasteiger partial charge in [-0.2, -0.15) is 0 Å². The van der Waals surface area contributed by atoms with Crippen LogP contribution in [0.5, 0.6) is 0 Å². The van der Waals surface area contributed by atoms with Crippen molar-refractivity contribution >= 4 is 33.0 Å². The van der Waals surface area contributed by atoms with Crippen molar-refractivity contribution in [1.29, 1.82) is 0 Å². The zero-order chi connectivity index (χ0) is 15.6. The monoisotopic (exact) mass is 355 g/mol. The van der Waals surface area contributed by atoms with E-state index in [1.807, 2.05) is 17.5 Å². The number of sulfonamides is 1. The minimum Gasteiger partial charge on any atom is -0.418 e. The van der Waals surface area contributed by atoms with Crippen LogP contribution in [0.1, 0.15) is 5.89 Å². The van der Waals surface area contributed by atoms with Crippen molar-refractivity contribution in [3.8, 4) is 10.8 Å². The lowest BCUT2D eigenvalue weighted by molar-refractivity contribution is 0.495. The summed E-state index contributed by atoms with van der Waals surface area (Å²) >= 11 is 7.26. The van der Waals surface area contributed by atoms with Crippen molar-refractivity contribution in [2.24, 2.45) is 0 Å². The molecule has 0 saturated heterocycles. The normalized spacial score (nSPS) is 11.7. The fraction of sp³-hybridized carbons (Fsp3) is 0.0769. The minimum atomic E-state index is -3.69. The number of nitrogens with zero attached hydrogens (tertiary/aromatic N) is 2. The highest BCUT2D eigenvalue weighted by atomic mass is 35.5. The van der Waals surface area contributed by atoms with Crippen molar-refractivity contribution in [2.45, 2.75) is 11.4 Å². The Kier molecular flexibility index (Phi) is 4.25. The molecule has 0 radical (unpaired) electrons. The summed E-state index contributed by atoms with van der Waals surface area (Å²) in [6, 6.07) is 9.71. The van der Waals surface area contributed by atoms with Crippen LogP contribution in [-0.2, 0) is 16.6 Å². The van der Waals surface area contributed by atoms with E-state index in [-0.39, 0.29) is 17.3 Å². The topological polar surface area (TPSA) is 85.1 Å². The summed E-state index contributed by atoms with van der Waals surface area (Å²) < 4.78 is 32.1. The lowest BCUT2D eigenvalue weighted by atomic mass is 10.4. The summed E-state index contributed by atoms with van der Waals surface area (Å²) in [7, 11) is -3.69. The minimum absolute atomic E-state index is 0.0815. The predicted octanol–water partition coefficient (Wildman–Crippen LogP) is 2.93. The number of hydrogen-bond acceptors (Lipinski definition) is 6. The first-order chi connectivity index (χ1) is 10.5. The molecule has 6 nitrogen and oxygen atoms in total. The van der Waals surface area contributed by atoms with Gasteiger partial charge in [0.1, 0.15) is 0 Å². The van der Waals surface area contributed by atoms with Crippen LogP contribution in [0.4, 0.5) is 0 Å². The molecule has 2 heterocycles. The Hall–Kier alpha value is -1.74. The van der Waals surface area contributed by atoms with Crippen LogP contribution >= 0.6 is 22.9 Å². The molecule has 0 amide bonds. The number of rotatable bonds is 5. The Morgan fingerprint density at radius 3 is 2.82 bits per heavy atom. The molecule has 3 aromatic rings. The van der Waals surface area contributed by atoms with Crippen molar-refractivity contribution in [3.05, 3.63) is 52.7 Å². The van der Waals surface area contributed by atoms with E-state index in [9.17, 15) is 8.42 Å². The number of thiophene rings is 1. The Morgan fingerprint density at radius 1 is 1.23 bits per heavy atom. The second-order valence-corrected chi connectivity index (χ2v) is 7.41. The quantitative estimate of drug-likeness (QED) is 0.760. The second kappa shape index (κ2) is 6.17. The summed E-state index contributed by atoms with van der Waals surface area (Å²) in [5.74, 6) is 0.556. The number of hydrogen-bond donors (Lipinski definition) is 1. The van der Waals surface area contributed by atoms with Gasteiger partial charge >= 0.3 is 0 Å². The second-order valence-electron chi connectivity index (χ2n) is 4.26. The van der Waals surface area contributed by atoms with Crippen LogP contribution < -0.4 is 4.72 Å².